The fourth-order valence-corrected chi connectivity index (χ4v) is 2.20. The van der Waals surface area contributed by atoms with E-state index >= 15 is 0 Å². The smallest absolute Gasteiger partial charge is 0.255 e. The molecule has 0 saturated carbocycles. The molecule has 0 spiro atoms. The van der Waals surface area contributed by atoms with E-state index in [4.69, 9.17) is 23.2 Å². The van der Waals surface area contributed by atoms with Crippen LogP contribution in [0.25, 0.3) is 0 Å². The van der Waals surface area contributed by atoms with E-state index in [2.05, 4.69) is 10.2 Å². The number of amides is 1. The summed E-state index contributed by atoms with van der Waals surface area (Å²) in [6.07, 6.45) is 0. The largest absolute Gasteiger partial charge is 0.322 e. The van der Waals surface area contributed by atoms with E-state index in [1.165, 1.54) is 5.56 Å². The molecule has 0 bridgehead atoms. The van der Waals surface area contributed by atoms with Crippen molar-refractivity contribution in [2.45, 2.75) is 6.54 Å². The minimum absolute atomic E-state index is 0.214. The number of anilines is 1. The Morgan fingerprint density at radius 3 is 2.29 bits per heavy atom. The maximum Gasteiger partial charge on any atom is 0.255 e. The first-order chi connectivity index (χ1) is 9.95. The van der Waals surface area contributed by atoms with Crippen LogP contribution in [0.15, 0.2) is 42.5 Å². The topological polar surface area (TPSA) is 32.3 Å². The minimum Gasteiger partial charge on any atom is -0.322 e. The molecule has 2 aromatic rings. The number of nitrogens with zero attached hydrogens (tertiary/aromatic N) is 1. The summed E-state index contributed by atoms with van der Waals surface area (Å²) >= 11 is 11.8. The molecule has 110 valence electrons. The Kier molecular flexibility index (Phi) is 5.23. The Bertz CT molecular complexity index is 639. The molecule has 0 aliphatic heterocycles. The second-order valence-electron chi connectivity index (χ2n) is 5.02. The molecule has 0 fully saturated rings. The van der Waals surface area contributed by atoms with E-state index in [0.717, 1.165) is 12.2 Å². The average molecular weight is 323 g/mol. The molecule has 5 heteroatoms. The maximum absolute atomic E-state index is 12.1. The van der Waals surface area contributed by atoms with Gasteiger partial charge in [0.05, 0.1) is 10.0 Å². The van der Waals surface area contributed by atoms with E-state index in [1.807, 2.05) is 38.4 Å². The molecule has 21 heavy (non-hydrogen) atoms. The lowest BCUT2D eigenvalue weighted by Crippen LogP contribution is -2.13. The van der Waals surface area contributed by atoms with Gasteiger partial charge in [-0.2, -0.15) is 0 Å². The summed E-state index contributed by atoms with van der Waals surface area (Å²) in [6.45, 7) is 0.862. The van der Waals surface area contributed by atoms with Crippen molar-refractivity contribution >= 4 is 34.8 Å². The lowest BCUT2D eigenvalue weighted by molar-refractivity contribution is 0.102. The molecule has 0 aromatic heterocycles. The van der Waals surface area contributed by atoms with Gasteiger partial charge in [0, 0.05) is 17.8 Å². The van der Waals surface area contributed by atoms with Crippen LogP contribution in [0, 0.1) is 0 Å². The summed E-state index contributed by atoms with van der Waals surface area (Å²) in [6, 6.07) is 12.6. The highest BCUT2D eigenvalue weighted by molar-refractivity contribution is 6.42. The molecule has 0 radical (unpaired) electrons. The third kappa shape index (κ3) is 4.46. The standard InChI is InChI=1S/C16H16Cl2N2O/c1-20(2)10-11-3-6-13(7-4-11)19-16(21)12-5-8-14(17)15(18)9-12/h3-9H,10H2,1-2H3,(H,19,21). The highest BCUT2D eigenvalue weighted by Crippen LogP contribution is 2.23. The molecule has 0 atom stereocenters. The number of hydrogen-bond acceptors (Lipinski definition) is 2. The van der Waals surface area contributed by atoms with E-state index in [0.29, 0.717) is 15.6 Å². The van der Waals surface area contributed by atoms with Crippen molar-refractivity contribution in [1.82, 2.24) is 4.90 Å². The molecule has 1 N–H and O–H groups in total. The van der Waals surface area contributed by atoms with Crippen molar-refractivity contribution in [3.8, 4) is 0 Å². The summed E-state index contributed by atoms with van der Waals surface area (Å²) in [5, 5.41) is 3.63. The van der Waals surface area contributed by atoms with Crippen LogP contribution < -0.4 is 5.32 Å². The average Bonchev–Trinajstić information content (AvgIpc) is 2.43. The normalized spacial score (nSPS) is 10.7. The van der Waals surface area contributed by atoms with Crippen molar-refractivity contribution < 1.29 is 4.79 Å². The SMILES string of the molecule is CN(C)Cc1ccc(NC(=O)c2ccc(Cl)c(Cl)c2)cc1. The van der Waals surface area contributed by atoms with Gasteiger partial charge in [0.15, 0.2) is 0 Å². The van der Waals surface area contributed by atoms with Crippen molar-refractivity contribution in [3.63, 3.8) is 0 Å². The predicted molar refractivity (Wildman–Crippen MR) is 88.2 cm³/mol. The van der Waals surface area contributed by atoms with Crippen LogP contribution in [-0.2, 0) is 6.54 Å². The quantitative estimate of drug-likeness (QED) is 0.909. The monoisotopic (exact) mass is 322 g/mol. The number of rotatable bonds is 4. The maximum atomic E-state index is 12.1. The summed E-state index contributed by atoms with van der Waals surface area (Å²) in [4.78, 5) is 14.2. The van der Waals surface area contributed by atoms with Crippen LogP contribution in [0.5, 0.6) is 0 Å². The second-order valence-corrected chi connectivity index (χ2v) is 5.83. The van der Waals surface area contributed by atoms with Gasteiger partial charge in [-0.05, 0) is 50.0 Å². The summed E-state index contributed by atoms with van der Waals surface area (Å²) in [7, 11) is 4.03. The van der Waals surface area contributed by atoms with Gasteiger partial charge >= 0.3 is 0 Å². The molecular formula is C16H16Cl2N2O. The van der Waals surface area contributed by atoms with Gasteiger partial charge in [0.1, 0.15) is 0 Å². The third-order valence-electron chi connectivity index (χ3n) is 2.89. The van der Waals surface area contributed by atoms with Crippen LogP contribution in [0.2, 0.25) is 10.0 Å². The fourth-order valence-electron chi connectivity index (χ4n) is 1.90. The zero-order chi connectivity index (χ0) is 15.4. The van der Waals surface area contributed by atoms with Crippen LogP contribution in [0.1, 0.15) is 15.9 Å². The third-order valence-corrected chi connectivity index (χ3v) is 3.63. The van der Waals surface area contributed by atoms with Gasteiger partial charge in [0.2, 0.25) is 0 Å². The summed E-state index contributed by atoms with van der Waals surface area (Å²) < 4.78 is 0. The van der Waals surface area contributed by atoms with Gasteiger partial charge in [-0.15, -0.1) is 0 Å². The fraction of sp³-hybridized carbons (Fsp3) is 0.188. The Hall–Kier alpha value is -1.55. The summed E-state index contributed by atoms with van der Waals surface area (Å²) in [5.74, 6) is -0.214. The Morgan fingerprint density at radius 1 is 1.05 bits per heavy atom. The Balaban J connectivity index is 2.06. The van der Waals surface area contributed by atoms with Gasteiger partial charge in [-0.1, -0.05) is 35.3 Å². The molecule has 3 nitrogen and oxygen atoms in total. The number of carbonyl (C=O) groups excluding carboxylic acids is 1. The van der Waals surface area contributed by atoms with Gasteiger partial charge in [-0.25, -0.2) is 0 Å². The lowest BCUT2D eigenvalue weighted by atomic mass is 10.1. The lowest BCUT2D eigenvalue weighted by Gasteiger charge is -2.11. The predicted octanol–water partition coefficient (Wildman–Crippen LogP) is 4.31. The molecule has 0 unspecified atom stereocenters. The zero-order valence-electron chi connectivity index (χ0n) is 11.9. The van der Waals surface area contributed by atoms with Gasteiger partial charge < -0.3 is 10.2 Å². The van der Waals surface area contributed by atoms with Crippen LogP contribution in [0.4, 0.5) is 5.69 Å². The highest BCUT2D eigenvalue weighted by atomic mass is 35.5. The van der Waals surface area contributed by atoms with E-state index in [1.54, 1.807) is 18.2 Å². The Morgan fingerprint density at radius 2 is 1.71 bits per heavy atom. The highest BCUT2D eigenvalue weighted by Gasteiger charge is 2.08. The van der Waals surface area contributed by atoms with E-state index in [9.17, 15) is 4.79 Å². The zero-order valence-corrected chi connectivity index (χ0v) is 13.4. The second kappa shape index (κ2) is 6.94. The number of benzene rings is 2. The molecular weight excluding hydrogens is 307 g/mol. The molecule has 0 aliphatic carbocycles. The first-order valence-corrected chi connectivity index (χ1v) is 7.21. The molecule has 2 rings (SSSR count). The molecule has 0 aliphatic rings. The molecule has 0 heterocycles. The first kappa shape index (κ1) is 15.8. The Labute approximate surface area is 134 Å². The number of carbonyl (C=O) groups is 1. The summed E-state index contributed by atoms with van der Waals surface area (Å²) in [5.41, 5.74) is 2.41. The van der Waals surface area contributed by atoms with Gasteiger partial charge in [0.25, 0.3) is 5.91 Å². The molecule has 0 saturated heterocycles. The van der Waals surface area contributed by atoms with Crippen LogP contribution in [-0.4, -0.2) is 24.9 Å². The van der Waals surface area contributed by atoms with Crippen molar-refractivity contribution in [3.05, 3.63) is 63.6 Å². The van der Waals surface area contributed by atoms with Crippen LogP contribution >= 0.6 is 23.2 Å². The van der Waals surface area contributed by atoms with Crippen molar-refractivity contribution in [1.29, 1.82) is 0 Å². The first-order valence-electron chi connectivity index (χ1n) is 6.46. The van der Waals surface area contributed by atoms with E-state index in [-0.39, 0.29) is 5.91 Å². The van der Waals surface area contributed by atoms with Gasteiger partial charge in [-0.3, -0.25) is 4.79 Å². The number of hydrogen-bond donors (Lipinski definition) is 1. The van der Waals surface area contributed by atoms with Crippen LogP contribution in [0.3, 0.4) is 0 Å². The molecule has 2 aromatic carbocycles. The minimum atomic E-state index is -0.214. The molecule has 1 amide bonds. The van der Waals surface area contributed by atoms with E-state index < -0.39 is 0 Å². The number of halogens is 2. The van der Waals surface area contributed by atoms with Crippen molar-refractivity contribution in [2.75, 3.05) is 19.4 Å². The van der Waals surface area contributed by atoms with Crippen molar-refractivity contribution in [2.24, 2.45) is 0 Å². The number of nitrogens with one attached hydrogen (secondary N) is 1.